The number of rotatable bonds is 7. The van der Waals surface area contributed by atoms with Crippen LogP contribution in [0, 0.1) is 0 Å². The van der Waals surface area contributed by atoms with Crippen LogP contribution in [0.4, 0.5) is 10.4 Å². The second kappa shape index (κ2) is 8.52. The van der Waals surface area contributed by atoms with E-state index in [2.05, 4.69) is 40.8 Å². The molecule has 0 aromatic carbocycles. The van der Waals surface area contributed by atoms with Gasteiger partial charge in [-0.15, -0.1) is 5.10 Å². The number of nitrogens with zero attached hydrogens (tertiary/aromatic N) is 11. The SMILES string of the molecule is CC(C)(F)c1noc(N2CCC(n3ncc(COc4ccc(-n5cnnn5)nc4)n3)CC2)n1. The molecule has 14 heteroatoms. The summed E-state index contributed by atoms with van der Waals surface area (Å²) in [5.74, 6) is 1.25. The van der Waals surface area contributed by atoms with E-state index in [-0.39, 0.29) is 18.5 Å². The lowest BCUT2D eigenvalue weighted by molar-refractivity contribution is 0.199. The largest absolute Gasteiger partial charge is 0.486 e. The predicted octanol–water partition coefficient (Wildman–Crippen LogP) is 1.66. The van der Waals surface area contributed by atoms with Crippen LogP contribution in [0.1, 0.15) is 44.2 Å². The van der Waals surface area contributed by atoms with Crippen molar-refractivity contribution in [2.45, 2.75) is 45.0 Å². The summed E-state index contributed by atoms with van der Waals surface area (Å²) in [6.45, 7) is 4.45. The van der Waals surface area contributed by atoms with Crippen LogP contribution in [0.25, 0.3) is 5.82 Å². The Bertz CT molecular complexity index is 1180. The Morgan fingerprint density at radius 2 is 2.06 bits per heavy atom. The van der Waals surface area contributed by atoms with Gasteiger partial charge >= 0.3 is 6.01 Å². The number of anilines is 1. The van der Waals surface area contributed by atoms with Gasteiger partial charge in [-0.25, -0.2) is 9.37 Å². The summed E-state index contributed by atoms with van der Waals surface area (Å²) in [7, 11) is 0. The van der Waals surface area contributed by atoms with E-state index in [1.807, 2.05) is 4.90 Å². The number of aromatic nitrogens is 10. The monoisotopic (exact) mass is 455 g/mol. The van der Waals surface area contributed by atoms with Crippen molar-refractivity contribution in [1.29, 1.82) is 0 Å². The highest BCUT2D eigenvalue weighted by molar-refractivity contribution is 5.28. The molecule has 1 aliphatic rings. The number of tetrazole rings is 1. The van der Waals surface area contributed by atoms with E-state index in [1.54, 1.807) is 29.3 Å². The fraction of sp³-hybridized carbons (Fsp3) is 0.474. The number of pyridine rings is 1. The zero-order valence-corrected chi connectivity index (χ0v) is 18.1. The van der Waals surface area contributed by atoms with Gasteiger partial charge in [-0.1, -0.05) is 5.16 Å². The van der Waals surface area contributed by atoms with Crippen LogP contribution in [0.2, 0.25) is 0 Å². The highest BCUT2D eigenvalue weighted by atomic mass is 19.1. The minimum absolute atomic E-state index is 0.0539. The molecule has 0 radical (unpaired) electrons. The smallest absolute Gasteiger partial charge is 0.324 e. The van der Waals surface area contributed by atoms with Gasteiger partial charge < -0.3 is 14.2 Å². The number of hydrogen-bond acceptors (Lipinski definition) is 11. The number of piperidine rings is 1. The summed E-state index contributed by atoms with van der Waals surface area (Å²) in [5, 5.41) is 23.7. The first-order valence-corrected chi connectivity index (χ1v) is 10.5. The molecule has 13 nitrogen and oxygen atoms in total. The Balaban J connectivity index is 1.13. The quantitative estimate of drug-likeness (QED) is 0.402. The highest BCUT2D eigenvalue weighted by Crippen LogP contribution is 2.28. The van der Waals surface area contributed by atoms with Crippen molar-refractivity contribution in [2.24, 2.45) is 0 Å². The zero-order valence-electron chi connectivity index (χ0n) is 18.1. The summed E-state index contributed by atoms with van der Waals surface area (Å²) in [4.78, 5) is 12.1. The molecule has 4 aromatic rings. The molecule has 1 saturated heterocycles. The number of hydrogen-bond donors (Lipinski definition) is 0. The first-order chi connectivity index (χ1) is 16.0. The van der Waals surface area contributed by atoms with Crippen LogP contribution < -0.4 is 9.64 Å². The van der Waals surface area contributed by atoms with Gasteiger partial charge in [0.15, 0.2) is 11.5 Å². The van der Waals surface area contributed by atoms with Gasteiger partial charge in [0, 0.05) is 13.1 Å². The summed E-state index contributed by atoms with van der Waals surface area (Å²) in [6.07, 6.45) is 6.37. The number of ether oxygens (including phenoxy) is 1. The summed E-state index contributed by atoms with van der Waals surface area (Å²) in [6, 6.07) is 4.04. The second-order valence-corrected chi connectivity index (χ2v) is 8.14. The maximum atomic E-state index is 14.0. The summed E-state index contributed by atoms with van der Waals surface area (Å²) < 4.78 is 26.4. The molecule has 4 aromatic heterocycles. The van der Waals surface area contributed by atoms with Gasteiger partial charge in [0.1, 0.15) is 24.4 Å². The van der Waals surface area contributed by atoms with Gasteiger partial charge in [0.25, 0.3) is 0 Å². The molecule has 0 spiro atoms. The number of halogens is 1. The van der Waals surface area contributed by atoms with Crippen molar-refractivity contribution in [3.63, 3.8) is 0 Å². The molecular weight excluding hydrogens is 433 g/mol. The fourth-order valence-corrected chi connectivity index (χ4v) is 3.44. The molecule has 0 N–H and O–H groups in total. The van der Waals surface area contributed by atoms with Crippen LogP contribution in [0.3, 0.4) is 0 Å². The van der Waals surface area contributed by atoms with Crippen molar-refractivity contribution in [2.75, 3.05) is 18.0 Å². The Kier molecular flexibility index (Phi) is 5.40. The third kappa shape index (κ3) is 4.63. The lowest BCUT2D eigenvalue weighted by atomic mass is 10.1. The van der Waals surface area contributed by atoms with Crippen LogP contribution in [0.15, 0.2) is 35.4 Å². The first-order valence-electron chi connectivity index (χ1n) is 10.5. The highest BCUT2D eigenvalue weighted by Gasteiger charge is 2.29. The normalized spacial score (nSPS) is 15.2. The van der Waals surface area contributed by atoms with Gasteiger partial charge in [-0.2, -0.15) is 24.7 Å². The molecular formula is C19H22FN11O2. The molecule has 172 valence electrons. The van der Waals surface area contributed by atoms with Crippen LogP contribution in [0.5, 0.6) is 5.75 Å². The number of alkyl halides is 1. The van der Waals surface area contributed by atoms with E-state index in [4.69, 9.17) is 9.26 Å². The maximum Gasteiger partial charge on any atom is 0.324 e. The standard InChI is InChI=1S/C19H22FN11O2/c1-19(2,20)17-24-18(33-26-17)29-7-5-14(6-8-29)31-23-9-13(25-31)11-32-15-3-4-16(21-10-15)30-12-22-27-28-30/h3-4,9-10,12,14H,5-8,11H2,1-2H3. The first kappa shape index (κ1) is 20.9. The van der Waals surface area contributed by atoms with Gasteiger partial charge in [-0.3, -0.25) is 0 Å². The van der Waals surface area contributed by atoms with E-state index < -0.39 is 5.67 Å². The lowest BCUT2D eigenvalue weighted by Crippen LogP contribution is -2.35. The average molecular weight is 455 g/mol. The molecule has 1 fully saturated rings. The van der Waals surface area contributed by atoms with Crippen LogP contribution in [-0.4, -0.2) is 63.4 Å². The lowest BCUT2D eigenvalue weighted by Gasteiger charge is -2.29. The van der Waals surface area contributed by atoms with Gasteiger partial charge in [-0.05, 0) is 49.2 Å². The predicted molar refractivity (Wildman–Crippen MR) is 110 cm³/mol. The second-order valence-electron chi connectivity index (χ2n) is 8.14. The van der Waals surface area contributed by atoms with Crippen LogP contribution >= 0.6 is 0 Å². The summed E-state index contributed by atoms with van der Waals surface area (Å²) in [5.41, 5.74) is -0.918. The maximum absolute atomic E-state index is 14.0. The average Bonchev–Trinajstić information content (AvgIpc) is 3.60. The van der Waals surface area contributed by atoms with Crippen molar-refractivity contribution >= 4 is 6.01 Å². The minimum atomic E-state index is -1.63. The van der Waals surface area contributed by atoms with E-state index in [9.17, 15) is 4.39 Å². The molecule has 0 atom stereocenters. The topological polar surface area (TPSA) is 139 Å². The zero-order chi connectivity index (χ0) is 22.8. The van der Waals surface area contributed by atoms with E-state index >= 15 is 0 Å². The fourth-order valence-electron chi connectivity index (χ4n) is 3.44. The molecule has 0 bridgehead atoms. The molecule has 0 amide bonds. The molecule has 0 aliphatic carbocycles. The van der Waals surface area contributed by atoms with Crippen molar-refractivity contribution in [3.05, 3.63) is 42.4 Å². The summed E-state index contributed by atoms with van der Waals surface area (Å²) >= 11 is 0. The molecule has 5 rings (SSSR count). The van der Waals surface area contributed by atoms with E-state index in [0.29, 0.717) is 36.4 Å². The van der Waals surface area contributed by atoms with E-state index in [1.165, 1.54) is 24.9 Å². The Hall–Kier alpha value is -3.97. The Morgan fingerprint density at radius 1 is 1.21 bits per heavy atom. The molecule has 5 heterocycles. The van der Waals surface area contributed by atoms with Crippen LogP contribution in [-0.2, 0) is 12.3 Å². The van der Waals surface area contributed by atoms with Crippen molar-refractivity contribution in [1.82, 2.24) is 50.3 Å². The van der Waals surface area contributed by atoms with Crippen molar-refractivity contribution in [3.8, 4) is 11.6 Å². The van der Waals surface area contributed by atoms with E-state index in [0.717, 1.165) is 12.8 Å². The molecule has 0 saturated carbocycles. The molecule has 1 aliphatic heterocycles. The molecule has 0 unspecified atom stereocenters. The Labute approximate surface area is 187 Å². The van der Waals surface area contributed by atoms with Gasteiger partial charge in [0.05, 0.1) is 18.4 Å². The third-order valence-electron chi connectivity index (χ3n) is 5.26. The Morgan fingerprint density at radius 3 is 2.73 bits per heavy atom. The van der Waals surface area contributed by atoms with Crippen molar-refractivity contribution < 1.29 is 13.7 Å². The third-order valence-corrected chi connectivity index (χ3v) is 5.26. The minimum Gasteiger partial charge on any atom is -0.486 e. The van der Waals surface area contributed by atoms with Gasteiger partial charge in [0.2, 0.25) is 5.82 Å². The molecule has 33 heavy (non-hydrogen) atoms.